The van der Waals surface area contributed by atoms with Gasteiger partial charge < -0.3 is 10.1 Å². The summed E-state index contributed by atoms with van der Waals surface area (Å²) in [6.45, 7) is 5.27. The minimum absolute atomic E-state index is 0.203. The molecule has 132 valence electrons. The van der Waals surface area contributed by atoms with Crippen molar-refractivity contribution in [2.75, 3.05) is 10.6 Å². The second-order valence-electron chi connectivity index (χ2n) is 6.14. The van der Waals surface area contributed by atoms with E-state index in [1.54, 1.807) is 26.8 Å². The lowest BCUT2D eigenvalue weighted by atomic mass is 10.2. The van der Waals surface area contributed by atoms with Crippen molar-refractivity contribution < 1.29 is 18.7 Å². The van der Waals surface area contributed by atoms with Crippen LogP contribution in [0.1, 0.15) is 31.1 Å². The summed E-state index contributed by atoms with van der Waals surface area (Å²) in [5, 5.41) is 5.10. The van der Waals surface area contributed by atoms with Gasteiger partial charge in [0.1, 0.15) is 17.2 Å². The van der Waals surface area contributed by atoms with Crippen molar-refractivity contribution >= 4 is 46.1 Å². The largest absolute Gasteiger partial charge is 0.444 e. The number of anilines is 2. The first kappa shape index (κ1) is 19.1. The molecule has 0 saturated carbocycles. The van der Waals surface area contributed by atoms with Gasteiger partial charge in [0.2, 0.25) is 0 Å². The van der Waals surface area contributed by atoms with Gasteiger partial charge in [0.15, 0.2) is 0 Å². The number of amides is 2. The minimum atomic E-state index is -0.619. The Hall–Kier alpha value is -2.23. The number of hydrogen-bond acceptors (Lipinski definition) is 4. The van der Waals surface area contributed by atoms with Crippen molar-refractivity contribution in [2.45, 2.75) is 26.4 Å². The third kappa shape index (κ3) is 5.96. The van der Waals surface area contributed by atoms with Gasteiger partial charge in [-0.3, -0.25) is 10.1 Å². The van der Waals surface area contributed by atoms with E-state index in [2.05, 4.69) is 15.6 Å². The monoisotopic (exact) mass is 457 g/mol. The van der Waals surface area contributed by atoms with Crippen LogP contribution in [0.25, 0.3) is 0 Å². The Morgan fingerprint density at radius 1 is 1.16 bits per heavy atom. The number of hydrogen-bond donors (Lipinski definition) is 2. The maximum absolute atomic E-state index is 13.5. The van der Waals surface area contributed by atoms with E-state index in [1.165, 1.54) is 30.5 Å². The van der Waals surface area contributed by atoms with Gasteiger partial charge in [0.05, 0.1) is 11.9 Å². The third-order valence-electron chi connectivity index (χ3n) is 2.83. The molecule has 0 unspecified atom stereocenters. The predicted molar refractivity (Wildman–Crippen MR) is 101 cm³/mol. The number of benzene rings is 1. The Balaban J connectivity index is 1.99. The van der Waals surface area contributed by atoms with Crippen LogP contribution in [0.2, 0.25) is 0 Å². The van der Waals surface area contributed by atoms with E-state index < -0.39 is 23.4 Å². The fourth-order valence-electron chi connectivity index (χ4n) is 1.79. The summed E-state index contributed by atoms with van der Waals surface area (Å²) in [5.74, 6) is -0.624. The number of nitrogens with one attached hydrogen (secondary N) is 2. The molecule has 0 atom stereocenters. The van der Waals surface area contributed by atoms with Crippen LogP contribution in [0, 0.1) is 9.39 Å². The summed E-state index contributed by atoms with van der Waals surface area (Å²) in [5.41, 5.74) is 0.00778. The van der Waals surface area contributed by atoms with E-state index in [1.807, 2.05) is 22.6 Å². The molecule has 1 aromatic carbocycles. The van der Waals surface area contributed by atoms with Gasteiger partial charge in [0.25, 0.3) is 5.91 Å². The Kier molecular flexibility index (Phi) is 5.93. The van der Waals surface area contributed by atoms with Crippen molar-refractivity contribution in [2.24, 2.45) is 0 Å². The van der Waals surface area contributed by atoms with Crippen LogP contribution in [0.15, 0.2) is 36.5 Å². The van der Waals surface area contributed by atoms with Crippen molar-refractivity contribution in [3.63, 3.8) is 0 Å². The van der Waals surface area contributed by atoms with Gasteiger partial charge in [-0.05, 0) is 73.7 Å². The fourth-order valence-corrected chi connectivity index (χ4v) is 2.13. The zero-order chi connectivity index (χ0) is 18.6. The Bertz CT molecular complexity index is 789. The van der Waals surface area contributed by atoms with Gasteiger partial charge in [-0.15, -0.1) is 0 Å². The number of aromatic nitrogens is 1. The van der Waals surface area contributed by atoms with E-state index in [-0.39, 0.29) is 11.4 Å². The number of nitrogens with zero attached hydrogens (tertiary/aromatic N) is 1. The third-order valence-corrected chi connectivity index (χ3v) is 3.71. The van der Waals surface area contributed by atoms with Gasteiger partial charge in [-0.1, -0.05) is 0 Å². The number of carbonyl (C=O) groups is 2. The highest BCUT2D eigenvalue weighted by Crippen LogP contribution is 2.16. The Morgan fingerprint density at radius 2 is 1.88 bits per heavy atom. The molecule has 0 spiro atoms. The second kappa shape index (κ2) is 7.77. The van der Waals surface area contributed by atoms with Crippen LogP contribution in [0.4, 0.5) is 20.7 Å². The molecule has 1 heterocycles. The van der Waals surface area contributed by atoms with Crippen LogP contribution >= 0.6 is 22.6 Å². The molecule has 8 heteroatoms. The number of pyridine rings is 1. The maximum atomic E-state index is 13.5. The van der Waals surface area contributed by atoms with Crippen molar-refractivity contribution in [1.29, 1.82) is 0 Å². The Morgan fingerprint density at radius 3 is 2.44 bits per heavy atom. The number of halogens is 2. The standard InChI is InChI=1S/C17H17FIN3O3/c1-17(2,3)25-16(24)22-14-7-5-11(9-20-14)21-15(23)10-4-6-13(19)12(18)8-10/h4-9H,1-3H3,(H,21,23)(H,20,22,24). The summed E-state index contributed by atoms with van der Waals surface area (Å²) in [7, 11) is 0. The van der Waals surface area contributed by atoms with Crippen molar-refractivity contribution in [3.8, 4) is 0 Å². The molecule has 0 aliphatic heterocycles. The fraction of sp³-hybridized carbons (Fsp3) is 0.235. The molecule has 1 aromatic heterocycles. The summed E-state index contributed by atoms with van der Waals surface area (Å²) in [6, 6.07) is 7.32. The number of ether oxygens (including phenoxy) is 1. The first-order valence-corrected chi connectivity index (χ1v) is 8.44. The van der Waals surface area contributed by atoms with Gasteiger partial charge in [0, 0.05) is 9.13 Å². The molecule has 0 radical (unpaired) electrons. The molecule has 0 aliphatic carbocycles. The number of rotatable bonds is 3. The molecule has 0 saturated heterocycles. The average Bonchev–Trinajstić information content (AvgIpc) is 2.50. The zero-order valence-electron chi connectivity index (χ0n) is 13.9. The predicted octanol–water partition coefficient (Wildman–Crippen LogP) is 4.42. The van der Waals surface area contributed by atoms with Gasteiger partial charge in [-0.25, -0.2) is 14.2 Å². The maximum Gasteiger partial charge on any atom is 0.413 e. The average molecular weight is 457 g/mol. The first-order valence-electron chi connectivity index (χ1n) is 7.36. The molecule has 2 N–H and O–H groups in total. The SMILES string of the molecule is CC(C)(C)OC(=O)Nc1ccc(NC(=O)c2ccc(I)c(F)c2)cn1. The summed E-state index contributed by atoms with van der Waals surface area (Å²) < 4.78 is 19.1. The van der Waals surface area contributed by atoms with Crippen LogP contribution in [-0.2, 0) is 4.74 Å². The second-order valence-corrected chi connectivity index (χ2v) is 7.30. The first-order chi connectivity index (χ1) is 11.6. The highest BCUT2D eigenvalue weighted by atomic mass is 127. The topological polar surface area (TPSA) is 80.3 Å². The molecule has 2 aromatic rings. The highest BCUT2D eigenvalue weighted by Gasteiger charge is 2.16. The van der Waals surface area contributed by atoms with E-state index in [4.69, 9.17) is 4.74 Å². The Labute approximate surface area is 158 Å². The van der Waals surface area contributed by atoms with E-state index in [0.29, 0.717) is 9.26 Å². The smallest absolute Gasteiger partial charge is 0.413 e. The van der Waals surface area contributed by atoms with Crippen LogP contribution in [-0.4, -0.2) is 22.6 Å². The molecule has 2 amide bonds. The van der Waals surface area contributed by atoms with Gasteiger partial charge in [-0.2, -0.15) is 0 Å². The molecule has 0 bridgehead atoms. The van der Waals surface area contributed by atoms with E-state index in [0.717, 1.165) is 0 Å². The highest BCUT2D eigenvalue weighted by molar-refractivity contribution is 14.1. The number of carbonyl (C=O) groups excluding carboxylic acids is 2. The zero-order valence-corrected chi connectivity index (χ0v) is 16.0. The molecular weight excluding hydrogens is 440 g/mol. The molecule has 2 rings (SSSR count). The lowest BCUT2D eigenvalue weighted by molar-refractivity contribution is 0.0635. The minimum Gasteiger partial charge on any atom is -0.444 e. The van der Waals surface area contributed by atoms with Crippen molar-refractivity contribution in [3.05, 3.63) is 51.5 Å². The quantitative estimate of drug-likeness (QED) is 0.669. The molecule has 0 fully saturated rings. The summed E-state index contributed by atoms with van der Waals surface area (Å²) in [6.07, 6.45) is 0.763. The lowest BCUT2D eigenvalue weighted by Crippen LogP contribution is -2.27. The van der Waals surface area contributed by atoms with E-state index >= 15 is 0 Å². The molecule has 0 aliphatic rings. The van der Waals surface area contributed by atoms with Crippen LogP contribution in [0.5, 0.6) is 0 Å². The summed E-state index contributed by atoms with van der Waals surface area (Å²) in [4.78, 5) is 27.8. The van der Waals surface area contributed by atoms with Crippen molar-refractivity contribution in [1.82, 2.24) is 4.98 Å². The van der Waals surface area contributed by atoms with E-state index in [9.17, 15) is 14.0 Å². The molecule has 25 heavy (non-hydrogen) atoms. The van der Waals surface area contributed by atoms with Crippen LogP contribution < -0.4 is 10.6 Å². The molecule has 6 nitrogen and oxygen atoms in total. The summed E-state index contributed by atoms with van der Waals surface area (Å²) >= 11 is 1.85. The lowest BCUT2D eigenvalue weighted by Gasteiger charge is -2.19. The normalized spacial score (nSPS) is 10.9. The van der Waals surface area contributed by atoms with Gasteiger partial charge >= 0.3 is 6.09 Å². The van der Waals surface area contributed by atoms with Crippen LogP contribution in [0.3, 0.4) is 0 Å². The molecular formula is C17H17FIN3O3.